The number of benzene rings is 1. The Bertz CT molecular complexity index is 409. The Morgan fingerprint density at radius 2 is 1.87 bits per heavy atom. The molecule has 0 spiro atoms. The average molecular weight is 248 g/mol. The maximum atomic E-state index is 11.1. The van der Waals surface area contributed by atoms with E-state index in [4.69, 9.17) is 29.0 Å². The molecule has 0 aromatic heterocycles. The second-order valence-corrected chi connectivity index (χ2v) is 3.40. The monoisotopic (exact) mass is 247 g/mol. The minimum atomic E-state index is -0.967. The van der Waals surface area contributed by atoms with Gasteiger partial charge in [-0.1, -0.05) is 23.2 Å². The Morgan fingerprint density at radius 3 is 2.47 bits per heavy atom. The van der Waals surface area contributed by atoms with Crippen LogP contribution in [0.5, 0.6) is 0 Å². The summed E-state index contributed by atoms with van der Waals surface area (Å²) in [5.74, 6) is 2.89. The molecule has 7 heteroatoms. The van der Waals surface area contributed by atoms with Crippen molar-refractivity contribution in [3.05, 3.63) is 28.2 Å². The topological polar surface area (TPSA) is 84.2 Å². The lowest BCUT2D eigenvalue weighted by molar-refractivity contribution is -0.136. The molecule has 1 aromatic rings. The number of rotatable bonds is 1. The summed E-state index contributed by atoms with van der Waals surface area (Å²) in [6.07, 6.45) is 0. The summed E-state index contributed by atoms with van der Waals surface area (Å²) in [7, 11) is 0. The van der Waals surface area contributed by atoms with E-state index >= 15 is 0 Å². The summed E-state index contributed by atoms with van der Waals surface area (Å²) in [5, 5.41) is 2.92. The molecule has 1 rings (SSSR count). The van der Waals surface area contributed by atoms with Gasteiger partial charge in [-0.15, -0.1) is 0 Å². The van der Waals surface area contributed by atoms with Crippen molar-refractivity contribution in [3.63, 3.8) is 0 Å². The summed E-state index contributed by atoms with van der Waals surface area (Å²) in [6.45, 7) is 0. The van der Waals surface area contributed by atoms with Gasteiger partial charge in [0, 0.05) is 5.02 Å². The van der Waals surface area contributed by atoms with Gasteiger partial charge < -0.3 is 5.32 Å². The van der Waals surface area contributed by atoms with Crippen molar-refractivity contribution >= 4 is 40.7 Å². The first-order valence-electron chi connectivity index (χ1n) is 3.81. The van der Waals surface area contributed by atoms with Crippen molar-refractivity contribution in [2.24, 2.45) is 5.84 Å². The minimum absolute atomic E-state index is 0.248. The molecule has 2 amide bonds. The van der Waals surface area contributed by atoms with E-state index < -0.39 is 11.8 Å². The first-order valence-corrected chi connectivity index (χ1v) is 4.57. The third-order valence-corrected chi connectivity index (χ3v) is 2.08. The quantitative estimate of drug-likeness (QED) is 0.299. The summed E-state index contributed by atoms with van der Waals surface area (Å²) < 4.78 is 0. The van der Waals surface area contributed by atoms with Gasteiger partial charge in [-0.25, -0.2) is 5.84 Å². The number of carbonyl (C=O) groups excluding carboxylic acids is 2. The predicted octanol–water partition coefficient (Wildman–Crippen LogP) is 0.922. The van der Waals surface area contributed by atoms with Crippen LogP contribution >= 0.6 is 23.2 Å². The summed E-state index contributed by atoms with van der Waals surface area (Å²) in [4.78, 5) is 21.9. The summed E-state index contributed by atoms with van der Waals surface area (Å²) in [6, 6.07) is 4.48. The molecule has 0 aliphatic heterocycles. The number of carbonyl (C=O) groups is 2. The predicted molar refractivity (Wildman–Crippen MR) is 57.4 cm³/mol. The molecule has 15 heavy (non-hydrogen) atoms. The molecule has 0 atom stereocenters. The number of hydrazine groups is 1. The Balaban J connectivity index is 2.85. The van der Waals surface area contributed by atoms with E-state index in [1.807, 2.05) is 0 Å². The molecule has 5 nitrogen and oxygen atoms in total. The lowest BCUT2D eigenvalue weighted by Crippen LogP contribution is -2.39. The highest BCUT2D eigenvalue weighted by molar-refractivity contribution is 6.41. The van der Waals surface area contributed by atoms with Crippen LogP contribution in [0.4, 0.5) is 5.69 Å². The molecule has 0 unspecified atom stereocenters. The molecule has 0 fully saturated rings. The van der Waals surface area contributed by atoms with Gasteiger partial charge in [-0.05, 0) is 18.2 Å². The molecule has 0 bridgehead atoms. The van der Waals surface area contributed by atoms with Crippen LogP contribution in [0, 0.1) is 0 Å². The standard InChI is InChI=1S/C8H7Cl2N3O2/c9-4-1-2-5(10)6(3-4)12-7(14)8(15)13-11/h1-3H,11H2,(H,12,14)(H,13,15). The van der Waals surface area contributed by atoms with Crippen LogP contribution in [-0.2, 0) is 9.59 Å². The Kier molecular flexibility index (Phi) is 3.90. The fourth-order valence-corrected chi connectivity index (χ4v) is 1.17. The van der Waals surface area contributed by atoms with Crippen LogP contribution in [0.2, 0.25) is 10.0 Å². The second-order valence-electron chi connectivity index (χ2n) is 2.55. The van der Waals surface area contributed by atoms with Crippen LogP contribution < -0.4 is 16.6 Å². The Labute approximate surface area is 95.5 Å². The zero-order valence-electron chi connectivity index (χ0n) is 7.38. The van der Waals surface area contributed by atoms with E-state index in [1.165, 1.54) is 12.1 Å². The highest BCUT2D eigenvalue weighted by Crippen LogP contribution is 2.25. The molecular weight excluding hydrogens is 241 g/mol. The Hall–Kier alpha value is -1.30. The smallest absolute Gasteiger partial charge is 0.316 e. The number of nitrogens with one attached hydrogen (secondary N) is 2. The third-order valence-electron chi connectivity index (χ3n) is 1.51. The van der Waals surface area contributed by atoms with Crippen molar-refractivity contribution < 1.29 is 9.59 Å². The molecule has 0 saturated carbocycles. The van der Waals surface area contributed by atoms with E-state index in [2.05, 4.69) is 5.32 Å². The zero-order valence-corrected chi connectivity index (χ0v) is 8.89. The van der Waals surface area contributed by atoms with Crippen LogP contribution in [0.3, 0.4) is 0 Å². The zero-order chi connectivity index (χ0) is 11.4. The van der Waals surface area contributed by atoms with Gasteiger partial charge in [0.15, 0.2) is 0 Å². The van der Waals surface area contributed by atoms with Crippen molar-refractivity contribution in [1.29, 1.82) is 0 Å². The van der Waals surface area contributed by atoms with E-state index in [1.54, 1.807) is 11.5 Å². The van der Waals surface area contributed by atoms with Gasteiger partial charge in [-0.3, -0.25) is 15.0 Å². The number of anilines is 1. The first-order chi connectivity index (χ1) is 7.04. The van der Waals surface area contributed by atoms with Crippen LogP contribution in [0.25, 0.3) is 0 Å². The van der Waals surface area contributed by atoms with Crippen LogP contribution in [0.15, 0.2) is 18.2 Å². The van der Waals surface area contributed by atoms with Crippen LogP contribution in [0.1, 0.15) is 0 Å². The maximum Gasteiger partial charge on any atom is 0.323 e. The molecule has 0 saturated heterocycles. The third kappa shape index (κ3) is 3.09. The minimum Gasteiger partial charge on any atom is -0.316 e. The second kappa shape index (κ2) is 4.97. The largest absolute Gasteiger partial charge is 0.323 e. The van der Waals surface area contributed by atoms with E-state index in [0.717, 1.165) is 0 Å². The molecule has 0 radical (unpaired) electrons. The molecule has 0 aliphatic carbocycles. The van der Waals surface area contributed by atoms with E-state index in [9.17, 15) is 9.59 Å². The maximum absolute atomic E-state index is 11.1. The van der Waals surface area contributed by atoms with Crippen molar-refractivity contribution in [3.8, 4) is 0 Å². The normalized spacial score (nSPS) is 9.53. The Morgan fingerprint density at radius 1 is 1.20 bits per heavy atom. The van der Waals surface area contributed by atoms with Gasteiger partial charge in [0.2, 0.25) is 0 Å². The van der Waals surface area contributed by atoms with Gasteiger partial charge in [0.1, 0.15) is 0 Å². The summed E-state index contributed by atoms with van der Waals surface area (Å²) in [5.41, 5.74) is 1.94. The summed E-state index contributed by atoms with van der Waals surface area (Å²) >= 11 is 11.4. The SMILES string of the molecule is NNC(=O)C(=O)Nc1cc(Cl)ccc1Cl. The number of hydrogen-bond donors (Lipinski definition) is 3. The van der Waals surface area contributed by atoms with Gasteiger partial charge in [0.05, 0.1) is 10.7 Å². The van der Waals surface area contributed by atoms with Crippen molar-refractivity contribution in [2.45, 2.75) is 0 Å². The van der Waals surface area contributed by atoms with Crippen molar-refractivity contribution in [1.82, 2.24) is 5.43 Å². The lowest BCUT2D eigenvalue weighted by atomic mass is 10.3. The van der Waals surface area contributed by atoms with Gasteiger partial charge >= 0.3 is 11.8 Å². The highest BCUT2D eigenvalue weighted by Gasteiger charge is 2.13. The van der Waals surface area contributed by atoms with E-state index in [-0.39, 0.29) is 10.7 Å². The lowest BCUT2D eigenvalue weighted by Gasteiger charge is -2.06. The number of halogens is 2. The molecule has 0 heterocycles. The number of hydrogen-bond acceptors (Lipinski definition) is 3. The number of amides is 2. The molecule has 1 aromatic carbocycles. The fraction of sp³-hybridized carbons (Fsp3) is 0. The fourth-order valence-electron chi connectivity index (χ4n) is 0.838. The van der Waals surface area contributed by atoms with Crippen molar-refractivity contribution in [2.75, 3.05) is 5.32 Å². The van der Waals surface area contributed by atoms with Crippen LogP contribution in [-0.4, -0.2) is 11.8 Å². The first kappa shape index (κ1) is 11.8. The highest BCUT2D eigenvalue weighted by atomic mass is 35.5. The van der Waals surface area contributed by atoms with E-state index in [0.29, 0.717) is 5.02 Å². The molecule has 4 N–H and O–H groups in total. The molecule has 0 aliphatic rings. The molecular formula is C8H7Cl2N3O2. The molecule has 80 valence electrons. The van der Waals surface area contributed by atoms with Gasteiger partial charge in [-0.2, -0.15) is 0 Å². The average Bonchev–Trinajstić information content (AvgIpc) is 2.22. The number of nitrogens with two attached hydrogens (primary N) is 1. The van der Waals surface area contributed by atoms with Gasteiger partial charge in [0.25, 0.3) is 0 Å².